The van der Waals surface area contributed by atoms with Gasteiger partial charge in [0.1, 0.15) is 11.6 Å². The van der Waals surface area contributed by atoms with Crippen LogP contribution < -0.4 is 0 Å². The maximum absolute atomic E-state index is 12.8. The van der Waals surface area contributed by atoms with E-state index in [2.05, 4.69) is 0 Å². The number of ketones is 1. The number of carbonyl (C=O) groups is 2. The second-order valence-corrected chi connectivity index (χ2v) is 4.79. The van der Waals surface area contributed by atoms with E-state index in [-0.39, 0.29) is 29.9 Å². The zero-order valence-corrected chi connectivity index (χ0v) is 9.93. The van der Waals surface area contributed by atoms with E-state index >= 15 is 0 Å². The predicted octanol–water partition coefficient (Wildman–Crippen LogP) is 2.75. The Morgan fingerprint density at radius 2 is 1.94 bits per heavy atom. The molecule has 4 heteroatoms. The van der Waals surface area contributed by atoms with Crippen LogP contribution in [0.1, 0.15) is 37.2 Å². The first kappa shape index (κ1) is 12.7. The van der Waals surface area contributed by atoms with Crippen molar-refractivity contribution in [3.05, 3.63) is 35.6 Å². The van der Waals surface area contributed by atoms with Gasteiger partial charge in [-0.1, -0.05) is 12.1 Å². The summed E-state index contributed by atoms with van der Waals surface area (Å²) in [6, 6.07) is 6.18. The van der Waals surface area contributed by atoms with Crippen LogP contribution in [0.15, 0.2) is 24.3 Å². The van der Waals surface area contributed by atoms with Crippen LogP contribution in [0.5, 0.6) is 0 Å². The van der Waals surface area contributed by atoms with Gasteiger partial charge in [-0.25, -0.2) is 4.39 Å². The average Bonchev–Trinajstić information content (AvgIpc) is 2.32. The number of aliphatic carboxylic acids is 1. The number of rotatable bonds is 3. The standard InChI is InChI=1S/C14H15FO3/c15-12-5-3-9(4-6-12)10-1-2-11(8-14(17)18)13(16)7-10/h3-6,10-11H,1-2,7-8H2,(H,17,18). The number of hydrogen-bond donors (Lipinski definition) is 1. The third kappa shape index (κ3) is 2.94. The number of halogens is 1. The summed E-state index contributed by atoms with van der Waals surface area (Å²) in [4.78, 5) is 22.5. The van der Waals surface area contributed by atoms with Gasteiger partial charge in [0, 0.05) is 12.3 Å². The van der Waals surface area contributed by atoms with Gasteiger partial charge in [-0.3, -0.25) is 9.59 Å². The van der Waals surface area contributed by atoms with Gasteiger partial charge in [-0.15, -0.1) is 0 Å². The fourth-order valence-corrected chi connectivity index (χ4v) is 2.52. The first-order valence-corrected chi connectivity index (χ1v) is 6.06. The summed E-state index contributed by atoms with van der Waals surface area (Å²) in [5, 5.41) is 8.70. The number of benzene rings is 1. The monoisotopic (exact) mass is 250 g/mol. The summed E-state index contributed by atoms with van der Waals surface area (Å²) in [7, 11) is 0. The Labute approximate surface area is 105 Å². The summed E-state index contributed by atoms with van der Waals surface area (Å²) >= 11 is 0. The van der Waals surface area contributed by atoms with E-state index in [9.17, 15) is 14.0 Å². The Hall–Kier alpha value is -1.71. The molecule has 3 nitrogen and oxygen atoms in total. The number of Topliss-reactive ketones (excluding diaryl/α,β-unsaturated/α-hetero) is 1. The molecule has 2 unspecified atom stereocenters. The first-order valence-electron chi connectivity index (χ1n) is 6.06. The van der Waals surface area contributed by atoms with Crippen LogP contribution in [0.4, 0.5) is 4.39 Å². The second kappa shape index (κ2) is 5.29. The molecule has 96 valence electrons. The van der Waals surface area contributed by atoms with Crippen molar-refractivity contribution in [3.8, 4) is 0 Å². The molecule has 1 aliphatic rings. The fraction of sp³-hybridized carbons (Fsp3) is 0.429. The van der Waals surface area contributed by atoms with E-state index in [0.717, 1.165) is 12.0 Å². The highest BCUT2D eigenvalue weighted by molar-refractivity contribution is 5.86. The quantitative estimate of drug-likeness (QED) is 0.897. The molecule has 18 heavy (non-hydrogen) atoms. The number of carboxylic acid groups (broad SMARTS) is 1. The lowest BCUT2D eigenvalue weighted by Crippen LogP contribution is -2.26. The van der Waals surface area contributed by atoms with Gasteiger partial charge in [0.2, 0.25) is 0 Å². The lowest BCUT2D eigenvalue weighted by molar-refractivity contribution is -0.141. The number of carbonyl (C=O) groups excluding carboxylic acids is 1. The summed E-state index contributed by atoms with van der Waals surface area (Å²) < 4.78 is 12.8. The molecule has 0 heterocycles. The van der Waals surface area contributed by atoms with Crippen molar-refractivity contribution in [1.82, 2.24) is 0 Å². The van der Waals surface area contributed by atoms with E-state index in [1.165, 1.54) is 12.1 Å². The second-order valence-electron chi connectivity index (χ2n) is 4.79. The topological polar surface area (TPSA) is 54.4 Å². The highest BCUT2D eigenvalue weighted by Crippen LogP contribution is 2.34. The molecular weight excluding hydrogens is 235 g/mol. The molecule has 0 aliphatic heterocycles. The van der Waals surface area contributed by atoms with Crippen LogP contribution in [0.25, 0.3) is 0 Å². The maximum Gasteiger partial charge on any atom is 0.304 e. The Morgan fingerprint density at radius 1 is 1.28 bits per heavy atom. The smallest absolute Gasteiger partial charge is 0.304 e. The van der Waals surface area contributed by atoms with Crippen LogP contribution in [-0.4, -0.2) is 16.9 Å². The molecule has 1 fully saturated rings. The third-order valence-electron chi connectivity index (χ3n) is 3.53. The SMILES string of the molecule is O=C(O)CC1CCC(c2ccc(F)cc2)CC1=O. The van der Waals surface area contributed by atoms with Crippen LogP contribution in [-0.2, 0) is 9.59 Å². The van der Waals surface area contributed by atoms with Crippen LogP contribution in [0.2, 0.25) is 0 Å². The molecule has 0 saturated heterocycles. The maximum atomic E-state index is 12.8. The van der Waals surface area contributed by atoms with Crippen molar-refractivity contribution in [2.75, 3.05) is 0 Å². The van der Waals surface area contributed by atoms with Crippen molar-refractivity contribution in [1.29, 1.82) is 0 Å². The minimum Gasteiger partial charge on any atom is -0.481 e. The summed E-state index contributed by atoms with van der Waals surface area (Å²) in [5.41, 5.74) is 0.957. The summed E-state index contributed by atoms with van der Waals surface area (Å²) in [5.74, 6) is -1.45. The lowest BCUT2D eigenvalue weighted by atomic mass is 9.77. The summed E-state index contributed by atoms with van der Waals surface area (Å²) in [6.45, 7) is 0. The van der Waals surface area contributed by atoms with Gasteiger partial charge in [0.05, 0.1) is 6.42 Å². The van der Waals surface area contributed by atoms with Gasteiger partial charge < -0.3 is 5.11 Å². The minimum absolute atomic E-state index is 0.0120. The zero-order valence-electron chi connectivity index (χ0n) is 9.93. The molecule has 0 spiro atoms. The van der Waals surface area contributed by atoms with Gasteiger partial charge in [0.25, 0.3) is 0 Å². The zero-order chi connectivity index (χ0) is 13.1. The highest BCUT2D eigenvalue weighted by Gasteiger charge is 2.30. The predicted molar refractivity (Wildman–Crippen MR) is 63.7 cm³/mol. The molecule has 1 saturated carbocycles. The number of carboxylic acids is 1. The van der Waals surface area contributed by atoms with Crippen LogP contribution in [0.3, 0.4) is 0 Å². The molecule has 2 rings (SSSR count). The molecule has 2 atom stereocenters. The first-order chi connectivity index (χ1) is 8.56. The van der Waals surface area contributed by atoms with Gasteiger partial charge in [0.15, 0.2) is 0 Å². The van der Waals surface area contributed by atoms with Crippen molar-refractivity contribution in [3.63, 3.8) is 0 Å². The van der Waals surface area contributed by atoms with E-state index in [1.807, 2.05) is 0 Å². The normalized spacial score (nSPS) is 23.9. The molecule has 0 bridgehead atoms. The van der Waals surface area contributed by atoms with Crippen LogP contribution >= 0.6 is 0 Å². The largest absolute Gasteiger partial charge is 0.481 e. The Kier molecular flexibility index (Phi) is 3.75. The highest BCUT2D eigenvalue weighted by atomic mass is 19.1. The molecular formula is C14H15FO3. The summed E-state index contributed by atoms with van der Waals surface area (Å²) in [6.07, 6.45) is 1.68. The number of hydrogen-bond acceptors (Lipinski definition) is 2. The molecule has 0 amide bonds. The van der Waals surface area contributed by atoms with Gasteiger partial charge in [-0.05, 0) is 36.5 Å². The van der Waals surface area contributed by atoms with Gasteiger partial charge in [-0.2, -0.15) is 0 Å². The van der Waals surface area contributed by atoms with Crippen molar-refractivity contribution < 1.29 is 19.1 Å². The van der Waals surface area contributed by atoms with Crippen LogP contribution in [0, 0.1) is 11.7 Å². The molecule has 1 aromatic rings. The van der Waals surface area contributed by atoms with E-state index in [0.29, 0.717) is 12.8 Å². The molecule has 0 aromatic heterocycles. The molecule has 0 radical (unpaired) electrons. The molecule has 1 aliphatic carbocycles. The minimum atomic E-state index is -0.923. The Morgan fingerprint density at radius 3 is 2.50 bits per heavy atom. The lowest BCUT2D eigenvalue weighted by Gasteiger charge is -2.26. The Balaban J connectivity index is 2.01. The molecule has 1 N–H and O–H groups in total. The van der Waals surface area contributed by atoms with E-state index in [1.54, 1.807) is 12.1 Å². The van der Waals surface area contributed by atoms with E-state index in [4.69, 9.17) is 5.11 Å². The van der Waals surface area contributed by atoms with Gasteiger partial charge >= 0.3 is 5.97 Å². The average molecular weight is 250 g/mol. The van der Waals surface area contributed by atoms with E-state index < -0.39 is 5.97 Å². The molecule has 1 aromatic carbocycles. The van der Waals surface area contributed by atoms with Crippen molar-refractivity contribution in [2.45, 2.75) is 31.6 Å². The van der Waals surface area contributed by atoms with Crippen molar-refractivity contribution in [2.24, 2.45) is 5.92 Å². The fourth-order valence-electron chi connectivity index (χ4n) is 2.52. The third-order valence-corrected chi connectivity index (χ3v) is 3.53. The van der Waals surface area contributed by atoms with Crippen molar-refractivity contribution >= 4 is 11.8 Å². The Bertz CT molecular complexity index is 453.